The number of benzene rings is 1. The van der Waals surface area contributed by atoms with Gasteiger partial charge in [-0.25, -0.2) is 4.79 Å². The zero-order valence-corrected chi connectivity index (χ0v) is 15.4. The van der Waals surface area contributed by atoms with Crippen LogP contribution in [-0.2, 0) is 4.79 Å². The number of hydrogen-bond donors (Lipinski definition) is 1. The summed E-state index contributed by atoms with van der Waals surface area (Å²) >= 11 is 3.41. The van der Waals surface area contributed by atoms with Gasteiger partial charge in [-0.15, -0.1) is 0 Å². The molecule has 2 heterocycles. The third kappa shape index (κ3) is 4.18. The van der Waals surface area contributed by atoms with Crippen LogP contribution < -0.4 is 5.32 Å². The molecule has 132 valence electrons. The normalized spacial score (nSPS) is 20.4. The van der Waals surface area contributed by atoms with Gasteiger partial charge in [-0.2, -0.15) is 5.26 Å². The van der Waals surface area contributed by atoms with Gasteiger partial charge in [0.05, 0.1) is 12.6 Å². The van der Waals surface area contributed by atoms with Crippen molar-refractivity contribution in [2.45, 2.75) is 6.04 Å². The van der Waals surface area contributed by atoms with Gasteiger partial charge in [0, 0.05) is 43.7 Å². The van der Waals surface area contributed by atoms with Crippen LogP contribution in [0.15, 0.2) is 28.7 Å². The van der Waals surface area contributed by atoms with Crippen molar-refractivity contribution in [2.75, 3.05) is 45.8 Å². The molecule has 1 atom stereocenters. The number of nitrogens with zero attached hydrogens (tertiary/aromatic N) is 4. The Labute approximate surface area is 155 Å². The summed E-state index contributed by atoms with van der Waals surface area (Å²) in [5, 5.41) is 12.1. The van der Waals surface area contributed by atoms with Crippen molar-refractivity contribution in [1.29, 1.82) is 5.26 Å². The Morgan fingerprint density at radius 2 is 1.80 bits per heavy atom. The molecule has 0 saturated carbocycles. The van der Waals surface area contributed by atoms with E-state index in [9.17, 15) is 14.9 Å². The Morgan fingerprint density at radius 3 is 2.36 bits per heavy atom. The summed E-state index contributed by atoms with van der Waals surface area (Å²) in [6, 6.07) is 9.70. The van der Waals surface area contributed by atoms with E-state index in [1.807, 2.05) is 24.3 Å². The lowest BCUT2D eigenvalue weighted by atomic mass is 10.1. The molecule has 3 amide bonds. The predicted molar refractivity (Wildman–Crippen MR) is 95.6 cm³/mol. The summed E-state index contributed by atoms with van der Waals surface area (Å²) in [5.41, 5.74) is 0.999. The number of hydrogen-bond acceptors (Lipinski definition) is 5. The van der Waals surface area contributed by atoms with Crippen LogP contribution in [0.25, 0.3) is 0 Å². The molecule has 2 aliphatic heterocycles. The van der Waals surface area contributed by atoms with Gasteiger partial charge in [-0.05, 0) is 17.7 Å². The second-order valence-corrected chi connectivity index (χ2v) is 7.08. The van der Waals surface area contributed by atoms with Crippen molar-refractivity contribution in [2.24, 2.45) is 0 Å². The summed E-state index contributed by atoms with van der Waals surface area (Å²) in [7, 11) is 0. The zero-order valence-electron chi connectivity index (χ0n) is 13.8. The molecule has 0 aliphatic carbocycles. The third-order valence-electron chi connectivity index (χ3n) is 4.66. The summed E-state index contributed by atoms with van der Waals surface area (Å²) < 4.78 is 0.998. The van der Waals surface area contributed by atoms with Crippen LogP contribution in [0.5, 0.6) is 0 Å². The fraction of sp³-hybridized carbons (Fsp3) is 0.471. The van der Waals surface area contributed by atoms with E-state index in [4.69, 9.17) is 0 Å². The zero-order chi connectivity index (χ0) is 17.8. The highest BCUT2D eigenvalue weighted by Crippen LogP contribution is 2.23. The molecular formula is C17H20BrN5O2. The van der Waals surface area contributed by atoms with Crippen LogP contribution in [0.4, 0.5) is 4.79 Å². The Balaban J connectivity index is 1.51. The third-order valence-corrected chi connectivity index (χ3v) is 5.19. The Hall–Kier alpha value is -1.95. The van der Waals surface area contributed by atoms with Crippen molar-refractivity contribution < 1.29 is 9.59 Å². The number of carbonyl (C=O) groups is 2. The van der Waals surface area contributed by atoms with E-state index in [-0.39, 0.29) is 24.5 Å². The minimum absolute atomic E-state index is 0.101. The molecule has 0 radical (unpaired) electrons. The van der Waals surface area contributed by atoms with Gasteiger partial charge in [0.25, 0.3) is 0 Å². The largest absolute Gasteiger partial charge is 0.329 e. The second kappa shape index (κ2) is 7.95. The van der Waals surface area contributed by atoms with Gasteiger partial charge in [0.1, 0.15) is 6.04 Å². The molecule has 0 spiro atoms. The minimum atomic E-state index is -0.302. The summed E-state index contributed by atoms with van der Waals surface area (Å²) in [6.07, 6.45) is 0. The molecular weight excluding hydrogens is 386 g/mol. The fourth-order valence-electron chi connectivity index (χ4n) is 3.18. The minimum Gasteiger partial charge on any atom is -0.329 e. The van der Waals surface area contributed by atoms with Gasteiger partial charge < -0.3 is 5.32 Å². The standard InChI is InChI=1S/C17H20BrN5O2/c18-14-3-1-13(2-4-14)15(11-19)22-8-5-21(6-9-22)7-10-23-16(24)12-20-17(23)25/h1-4,15H,5-10,12H2,(H,20,25)/t15-/m0/s1. The lowest BCUT2D eigenvalue weighted by Crippen LogP contribution is -2.49. The van der Waals surface area contributed by atoms with E-state index < -0.39 is 0 Å². The van der Waals surface area contributed by atoms with E-state index in [0.29, 0.717) is 13.1 Å². The smallest absolute Gasteiger partial charge is 0.324 e. The molecule has 1 aromatic rings. The maximum Gasteiger partial charge on any atom is 0.324 e. The van der Waals surface area contributed by atoms with Crippen LogP contribution in [0.1, 0.15) is 11.6 Å². The fourth-order valence-corrected chi connectivity index (χ4v) is 3.44. The Bertz CT molecular complexity index is 663. The number of carbonyl (C=O) groups excluding carboxylic acids is 2. The monoisotopic (exact) mass is 405 g/mol. The summed E-state index contributed by atoms with van der Waals surface area (Å²) in [6.45, 7) is 4.39. The van der Waals surface area contributed by atoms with Gasteiger partial charge in [0.15, 0.2) is 0 Å². The van der Waals surface area contributed by atoms with Gasteiger partial charge >= 0.3 is 6.03 Å². The molecule has 2 aliphatic rings. The molecule has 1 N–H and O–H groups in total. The van der Waals surface area contributed by atoms with Crippen molar-refractivity contribution in [1.82, 2.24) is 20.0 Å². The molecule has 8 heteroatoms. The van der Waals surface area contributed by atoms with E-state index in [0.717, 1.165) is 36.2 Å². The maximum atomic E-state index is 11.6. The highest BCUT2D eigenvalue weighted by Gasteiger charge is 2.29. The van der Waals surface area contributed by atoms with E-state index in [1.54, 1.807) is 0 Å². The lowest BCUT2D eigenvalue weighted by molar-refractivity contribution is -0.125. The number of piperazine rings is 1. The number of nitrogens with one attached hydrogen (secondary N) is 1. The van der Waals surface area contributed by atoms with Gasteiger partial charge in [-0.1, -0.05) is 28.1 Å². The van der Waals surface area contributed by atoms with Crippen LogP contribution in [0, 0.1) is 11.3 Å². The number of halogens is 1. The quantitative estimate of drug-likeness (QED) is 0.744. The first-order valence-electron chi connectivity index (χ1n) is 8.28. The molecule has 0 aromatic heterocycles. The lowest BCUT2D eigenvalue weighted by Gasteiger charge is -2.37. The van der Waals surface area contributed by atoms with Crippen LogP contribution in [0.2, 0.25) is 0 Å². The Kier molecular flexibility index (Phi) is 5.68. The van der Waals surface area contributed by atoms with Crippen molar-refractivity contribution in [3.8, 4) is 6.07 Å². The van der Waals surface area contributed by atoms with Crippen molar-refractivity contribution in [3.63, 3.8) is 0 Å². The molecule has 3 rings (SSSR count). The first-order chi connectivity index (χ1) is 12.1. The SMILES string of the molecule is N#C[C@@H](c1ccc(Br)cc1)N1CCN(CCN2C(=O)CNC2=O)CC1. The molecule has 1 aromatic carbocycles. The number of imide groups is 1. The van der Waals surface area contributed by atoms with Crippen LogP contribution in [-0.4, -0.2) is 72.5 Å². The molecule has 25 heavy (non-hydrogen) atoms. The highest BCUT2D eigenvalue weighted by molar-refractivity contribution is 9.10. The second-order valence-electron chi connectivity index (χ2n) is 6.16. The molecule has 2 fully saturated rings. The average Bonchev–Trinajstić information content (AvgIpc) is 2.94. The molecule has 0 bridgehead atoms. The average molecular weight is 406 g/mol. The van der Waals surface area contributed by atoms with Gasteiger partial charge in [0.2, 0.25) is 5.91 Å². The number of urea groups is 1. The van der Waals surface area contributed by atoms with Gasteiger partial charge in [-0.3, -0.25) is 19.5 Å². The first-order valence-corrected chi connectivity index (χ1v) is 9.07. The molecule has 7 nitrogen and oxygen atoms in total. The van der Waals surface area contributed by atoms with Crippen molar-refractivity contribution >= 4 is 27.9 Å². The first kappa shape index (κ1) is 17.9. The predicted octanol–water partition coefficient (Wildman–Crippen LogP) is 1.18. The van der Waals surface area contributed by atoms with Crippen LogP contribution >= 0.6 is 15.9 Å². The van der Waals surface area contributed by atoms with Crippen LogP contribution in [0.3, 0.4) is 0 Å². The maximum absolute atomic E-state index is 11.6. The molecule has 2 saturated heterocycles. The summed E-state index contributed by atoms with van der Waals surface area (Å²) in [5.74, 6) is -0.164. The Morgan fingerprint density at radius 1 is 1.12 bits per heavy atom. The summed E-state index contributed by atoms with van der Waals surface area (Å²) in [4.78, 5) is 28.8. The number of amides is 3. The van der Waals surface area contributed by atoms with E-state index in [1.165, 1.54) is 4.90 Å². The van der Waals surface area contributed by atoms with E-state index >= 15 is 0 Å². The molecule has 0 unspecified atom stereocenters. The van der Waals surface area contributed by atoms with Crippen molar-refractivity contribution in [3.05, 3.63) is 34.3 Å². The van der Waals surface area contributed by atoms with E-state index in [2.05, 4.69) is 37.1 Å². The number of rotatable bonds is 5. The topological polar surface area (TPSA) is 79.7 Å². The number of nitriles is 1. The highest BCUT2D eigenvalue weighted by atomic mass is 79.9.